The van der Waals surface area contributed by atoms with Crippen LogP contribution in [0.4, 0.5) is 0 Å². The standard InChI is InChI=1S/C10H15N3OS2/c1-3-8(9(11)15)10(14)12-4-7-5-16-6(2)13-7/h5,8H,3-4H2,1-2H3,(H2,11,15)(H,12,14). The van der Waals surface area contributed by atoms with E-state index in [0.29, 0.717) is 13.0 Å². The Morgan fingerprint density at radius 1 is 1.75 bits per heavy atom. The van der Waals surface area contributed by atoms with E-state index >= 15 is 0 Å². The first-order valence-electron chi connectivity index (χ1n) is 5.02. The van der Waals surface area contributed by atoms with Crippen molar-refractivity contribution in [1.82, 2.24) is 10.3 Å². The number of nitrogens with two attached hydrogens (primary N) is 1. The third-order valence-corrected chi connectivity index (χ3v) is 3.29. The number of amides is 1. The van der Waals surface area contributed by atoms with Gasteiger partial charge in [0, 0.05) is 5.38 Å². The Morgan fingerprint density at radius 3 is 2.88 bits per heavy atom. The third-order valence-electron chi connectivity index (χ3n) is 2.18. The van der Waals surface area contributed by atoms with Crippen LogP contribution in [-0.2, 0) is 11.3 Å². The molecule has 16 heavy (non-hydrogen) atoms. The molecule has 0 aromatic carbocycles. The molecule has 0 radical (unpaired) electrons. The predicted octanol–water partition coefficient (Wildman–Crippen LogP) is 1.38. The Kier molecular flexibility index (Phi) is 4.82. The molecule has 88 valence electrons. The van der Waals surface area contributed by atoms with Crippen LogP contribution in [0.1, 0.15) is 24.0 Å². The van der Waals surface area contributed by atoms with Crippen LogP contribution in [-0.4, -0.2) is 15.9 Å². The molecule has 1 unspecified atom stereocenters. The van der Waals surface area contributed by atoms with Gasteiger partial charge in [0.1, 0.15) is 0 Å². The lowest BCUT2D eigenvalue weighted by atomic mass is 10.1. The number of nitrogens with zero attached hydrogens (tertiary/aromatic N) is 1. The molecule has 1 rings (SSSR count). The van der Waals surface area contributed by atoms with Crippen molar-refractivity contribution < 1.29 is 4.79 Å². The Bertz CT molecular complexity index is 389. The molecule has 0 saturated heterocycles. The summed E-state index contributed by atoms with van der Waals surface area (Å²) in [6.07, 6.45) is 0.622. The van der Waals surface area contributed by atoms with E-state index in [-0.39, 0.29) is 16.8 Å². The van der Waals surface area contributed by atoms with Crippen LogP contribution in [0, 0.1) is 12.8 Å². The number of aromatic nitrogens is 1. The predicted molar refractivity (Wildman–Crippen MR) is 69.3 cm³/mol. The van der Waals surface area contributed by atoms with E-state index in [1.165, 1.54) is 0 Å². The molecule has 1 amide bonds. The molecule has 0 aliphatic carbocycles. The van der Waals surface area contributed by atoms with Crippen molar-refractivity contribution in [3.05, 3.63) is 16.1 Å². The molecule has 6 heteroatoms. The minimum absolute atomic E-state index is 0.124. The molecule has 0 aliphatic rings. The zero-order valence-electron chi connectivity index (χ0n) is 9.32. The van der Waals surface area contributed by atoms with Crippen molar-refractivity contribution in [3.8, 4) is 0 Å². The summed E-state index contributed by atoms with van der Waals surface area (Å²) >= 11 is 6.39. The second-order valence-electron chi connectivity index (χ2n) is 3.44. The number of hydrogen-bond acceptors (Lipinski definition) is 4. The van der Waals surface area contributed by atoms with E-state index < -0.39 is 0 Å². The van der Waals surface area contributed by atoms with E-state index in [4.69, 9.17) is 18.0 Å². The third kappa shape index (κ3) is 3.53. The molecule has 1 heterocycles. The number of thiocarbonyl (C=S) groups is 1. The summed E-state index contributed by atoms with van der Waals surface area (Å²) in [6, 6.07) is 0. The number of thiazole rings is 1. The van der Waals surface area contributed by atoms with Crippen molar-refractivity contribution >= 4 is 34.5 Å². The average molecular weight is 257 g/mol. The van der Waals surface area contributed by atoms with Crippen LogP contribution in [0.5, 0.6) is 0 Å². The van der Waals surface area contributed by atoms with E-state index in [0.717, 1.165) is 10.7 Å². The normalized spacial score (nSPS) is 12.1. The van der Waals surface area contributed by atoms with Crippen LogP contribution < -0.4 is 11.1 Å². The highest BCUT2D eigenvalue weighted by atomic mass is 32.1. The van der Waals surface area contributed by atoms with Gasteiger partial charge in [0.05, 0.1) is 28.2 Å². The Morgan fingerprint density at radius 2 is 2.44 bits per heavy atom. The van der Waals surface area contributed by atoms with Crippen LogP contribution in [0.25, 0.3) is 0 Å². The molecule has 0 spiro atoms. The van der Waals surface area contributed by atoms with Gasteiger partial charge in [0.2, 0.25) is 5.91 Å². The maximum atomic E-state index is 11.7. The van der Waals surface area contributed by atoms with Crippen molar-refractivity contribution in [2.24, 2.45) is 11.7 Å². The largest absolute Gasteiger partial charge is 0.393 e. The van der Waals surface area contributed by atoms with Crippen molar-refractivity contribution in [1.29, 1.82) is 0 Å². The zero-order chi connectivity index (χ0) is 12.1. The number of carbonyl (C=O) groups is 1. The maximum Gasteiger partial charge on any atom is 0.230 e. The van der Waals surface area contributed by atoms with Crippen LogP contribution >= 0.6 is 23.6 Å². The fraction of sp³-hybridized carbons (Fsp3) is 0.500. The molecule has 0 aliphatic heterocycles. The highest BCUT2D eigenvalue weighted by Gasteiger charge is 2.18. The first-order valence-corrected chi connectivity index (χ1v) is 6.31. The Labute approximate surface area is 104 Å². The van der Waals surface area contributed by atoms with Crippen molar-refractivity contribution in [3.63, 3.8) is 0 Å². The van der Waals surface area contributed by atoms with Gasteiger partial charge in [-0.05, 0) is 13.3 Å². The SMILES string of the molecule is CCC(C(=O)NCc1csc(C)n1)C(N)=S. The first kappa shape index (κ1) is 13.1. The fourth-order valence-corrected chi connectivity index (χ4v) is 2.19. The fourth-order valence-electron chi connectivity index (χ4n) is 1.31. The summed E-state index contributed by atoms with van der Waals surface area (Å²) in [6.45, 7) is 4.25. The van der Waals surface area contributed by atoms with Gasteiger partial charge in [-0.1, -0.05) is 19.1 Å². The van der Waals surface area contributed by atoms with Crippen LogP contribution in [0.2, 0.25) is 0 Å². The first-order chi connectivity index (χ1) is 7.54. The summed E-state index contributed by atoms with van der Waals surface area (Å²) in [7, 11) is 0. The molecule has 4 nitrogen and oxygen atoms in total. The van der Waals surface area contributed by atoms with Gasteiger partial charge < -0.3 is 11.1 Å². The summed E-state index contributed by atoms with van der Waals surface area (Å²) in [5.41, 5.74) is 6.35. The molecule has 0 fully saturated rings. The molecular weight excluding hydrogens is 242 g/mol. The maximum absolute atomic E-state index is 11.7. The smallest absolute Gasteiger partial charge is 0.230 e. The van der Waals surface area contributed by atoms with E-state index in [1.54, 1.807) is 11.3 Å². The Hall–Kier alpha value is -1.01. The van der Waals surface area contributed by atoms with E-state index in [9.17, 15) is 4.79 Å². The molecule has 1 aromatic rings. The number of nitrogens with one attached hydrogen (secondary N) is 1. The van der Waals surface area contributed by atoms with Gasteiger partial charge in [-0.15, -0.1) is 11.3 Å². The summed E-state index contributed by atoms with van der Waals surface area (Å²) in [5, 5.41) is 5.70. The number of carbonyl (C=O) groups excluding carboxylic acids is 1. The van der Waals surface area contributed by atoms with Crippen LogP contribution in [0.3, 0.4) is 0 Å². The summed E-state index contributed by atoms with van der Waals surface area (Å²) < 4.78 is 0. The molecule has 0 bridgehead atoms. The second kappa shape index (κ2) is 5.91. The van der Waals surface area contributed by atoms with Gasteiger partial charge in [0.25, 0.3) is 0 Å². The second-order valence-corrected chi connectivity index (χ2v) is 4.97. The van der Waals surface area contributed by atoms with E-state index in [1.807, 2.05) is 19.2 Å². The van der Waals surface area contributed by atoms with Gasteiger partial charge >= 0.3 is 0 Å². The molecule has 3 N–H and O–H groups in total. The van der Waals surface area contributed by atoms with Crippen molar-refractivity contribution in [2.75, 3.05) is 0 Å². The van der Waals surface area contributed by atoms with Gasteiger partial charge in [-0.2, -0.15) is 0 Å². The lowest BCUT2D eigenvalue weighted by Crippen LogP contribution is -2.37. The van der Waals surface area contributed by atoms with E-state index in [2.05, 4.69) is 10.3 Å². The van der Waals surface area contributed by atoms with Gasteiger partial charge in [0.15, 0.2) is 0 Å². The Balaban J connectivity index is 2.49. The zero-order valence-corrected chi connectivity index (χ0v) is 11.0. The molecular formula is C10H15N3OS2. The minimum atomic E-state index is -0.380. The number of rotatable bonds is 5. The van der Waals surface area contributed by atoms with Crippen LogP contribution in [0.15, 0.2) is 5.38 Å². The monoisotopic (exact) mass is 257 g/mol. The molecule has 1 aromatic heterocycles. The molecule has 1 atom stereocenters. The average Bonchev–Trinajstić information content (AvgIpc) is 2.62. The minimum Gasteiger partial charge on any atom is -0.393 e. The van der Waals surface area contributed by atoms with Gasteiger partial charge in [-0.3, -0.25) is 4.79 Å². The number of hydrogen-bond donors (Lipinski definition) is 2. The molecule has 0 saturated carbocycles. The summed E-state index contributed by atoms with van der Waals surface area (Å²) in [4.78, 5) is 16.2. The van der Waals surface area contributed by atoms with Gasteiger partial charge in [-0.25, -0.2) is 4.98 Å². The lowest BCUT2D eigenvalue weighted by Gasteiger charge is -2.12. The quantitative estimate of drug-likeness (QED) is 0.782. The highest BCUT2D eigenvalue weighted by molar-refractivity contribution is 7.80. The number of aryl methyl sites for hydroxylation is 1. The lowest BCUT2D eigenvalue weighted by molar-refractivity contribution is -0.123. The topological polar surface area (TPSA) is 68.0 Å². The highest BCUT2D eigenvalue weighted by Crippen LogP contribution is 2.08. The van der Waals surface area contributed by atoms with Crippen molar-refractivity contribution in [2.45, 2.75) is 26.8 Å². The summed E-state index contributed by atoms with van der Waals surface area (Å²) in [5.74, 6) is -0.504.